The Morgan fingerprint density at radius 3 is 1.73 bits per heavy atom. The molecule has 0 atom stereocenters. The van der Waals surface area contributed by atoms with E-state index in [4.69, 9.17) is 0 Å². The van der Waals surface area contributed by atoms with Gasteiger partial charge in [-0.2, -0.15) is 0 Å². The lowest BCUT2D eigenvalue weighted by Gasteiger charge is -2.44. The molecule has 0 radical (unpaired) electrons. The molecular formula is C13H28N2. The molecule has 0 aromatic heterocycles. The van der Waals surface area contributed by atoms with Crippen molar-refractivity contribution in [3.8, 4) is 0 Å². The molecule has 0 aliphatic carbocycles. The highest BCUT2D eigenvalue weighted by atomic mass is 15.2. The molecule has 1 fully saturated rings. The highest BCUT2D eigenvalue weighted by Gasteiger charge is 2.34. The van der Waals surface area contributed by atoms with Gasteiger partial charge in [0.15, 0.2) is 0 Å². The van der Waals surface area contributed by atoms with Crippen molar-refractivity contribution in [2.45, 2.75) is 34.6 Å². The minimum atomic E-state index is 0.385. The molecule has 90 valence electrons. The fourth-order valence-corrected chi connectivity index (χ4v) is 1.80. The quantitative estimate of drug-likeness (QED) is 0.693. The van der Waals surface area contributed by atoms with Gasteiger partial charge in [0.25, 0.3) is 0 Å². The molecule has 2 nitrogen and oxygen atoms in total. The lowest BCUT2D eigenvalue weighted by atomic mass is 9.69. The summed E-state index contributed by atoms with van der Waals surface area (Å²) in [6.45, 7) is 18.0. The lowest BCUT2D eigenvalue weighted by Crippen LogP contribution is -2.50. The summed E-state index contributed by atoms with van der Waals surface area (Å²) in [5.74, 6) is 0. The normalized spacial score (nSPS) is 22.0. The highest BCUT2D eigenvalue weighted by Crippen LogP contribution is 2.38. The molecule has 0 saturated carbocycles. The Hall–Kier alpha value is -0.0800. The molecule has 0 N–H and O–H groups in total. The zero-order valence-electron chi connectivity index (χ0n) is 11.4. The molecule has 0 bridgehead atoms. The number of piperazine rings is 1. The molecule has 1 aliphatic heterocycles. The molecule has 1 aliphatic rings. The molecule has 0 unspecified atom stereocenters. The maximum Gasteiger partial charge on any atom is 0.0110 e. The van der Waals surface area contributed by atoms with Gasteiger partial charge in [-0.3, -0.25) is 0 Å². The van der Waals surface area contributed by atoms with Gasteiger partial charge in [-0.15, -0.1) is 0 Å². The molecule has 1 rings (SSSR count). The second kappa shape index (κ2) is 4.42. The first-order valence-corrected chi connectivity index (χ1v) is 6.13. The summed E-state index contributed by atoms with van der Waals surface area (Å²) in [6.07, 6.45) is 0. The highest BCUT2D eigenvalue weighted by molar-refractivity contribution is 4.86. The molecule has 0 amide bonds. The van der Waals surface area contributed by atoms with Crippen molar-refractivity contribution in [3.63, 3.8) is 0 Å². The van der Waals surface area contributed by atoms with Crippen LogP contribution in [0, 0.1) is 10.8 Å². The van der Waals surface area contributed by atoms with Crippen LogP contribution in [0.4, 0.5) is 0 Å². The molecule has 15 heavy (non-hydrogen) atoms. The van der Waals surface area contributed by atoms with E-state index in [1.54, 1.807) is 0 Å². The summed E-state index contributed by atoms with van der Waals surface area (Å²) in [5, 5.41) is 0. The van der Waals surface area contributed by atoms with Gasteiger partial charge in [0.1, 0.15) is 0 Å². The largest absolute Gasteiger partial charge is 0.304 e. The summed E-state index contributed by atoms with van der Waals surface area (Å²) >= 11 is 0. The van der Waals surface area contributed by atoms with Gasteiger partial charge in [0, 0.05) is 32.7 Å². The molecule has 0 spiro atoms. The van der Waals surface area contributed by atoms with Crippen LogP contribution < -0.4 is 0 Å². The predicted octanol–water partition coefficient (Wildman–Crippen LogP) is 2.31. The first kappa shape index (κ1) is 13.0. The Morgan fingerprint density at radius 2 is 1.33 bits per heavy atom. The molecule has 2 heteroatoms. The fraction of sp³-hybridized carbons (Fsp3) is 1.00. The second-order valence-corrected chi connectivity index (χ2v) is 6.71. The monoisotopic (exact) mass is 212 g/mol. The van der Waals surface area contributed by atoms with Crippen LogP contribution in [0.15, 0.2) is 0 Å². The number of hydrogen-bond donors (Lipinski definition) is 0. The minimum absolute atomic E-state index is 0.385. The van der Waals surface area contributed by atoms with Gasteiger partial charge in [0.05, 0.1) is 0 Å². The van der Waals surface area contributed by atoms with Crippen molar-refractivity contribution in [1.82, 2.24) is 9.80 Å². The summed E-state index contributed by atoms with van der Waals surface area (Å²) in [4.78, 5) is 5.03. The van der Waals surface area contributed by atoms with Crippen molar-refractivity contribution in [2.75, 3.05) is 39.8 Å². The van der Waals surface area contributed by atoms with Crippen molar-refractivity contribution in [1.29, 1.82) is 0 Å². The second-order valence-electron chi connectivity index (χ2n) is 6.71. The molecule has 1 heterocycles. The summed E-state index contributed by atoms with van der Waals surface area (Å²) in [5.41, 5.74) is 0.777. The van der Waals surface area contributed by atoms with E-state index in [2.05, 4.69) is 51.5 Å². The Kier molecular flexibility index (Phi) is 3.83. The van der Waals surface area contributed by atoms with E-state index in [1.807, 2.05) is 0 Å². The number of rotatable bonds is 2. The van der Waals surface area contributed by atoms with Crippen LogP contribution in [-0.4, -0.2) is 49.6 Å². The van der Waals surface area contributed by atoms with Crippen LogP contribution in [0.1, 0.15) is 34.6 Å². The van der Waals surface area contributed by atoms with E-state index in [1.165, 1.54) is 32.7 Å². The van der Waals surface area contributed by atoms with E-state index in [0.29, 0.717) is 10.8 Å². The fourth-order valence-electron chi connectivity index (χ4n) is 1.80. The van der Waals surface area contributed by atoms with Gasteiger partial charge in [-0.25, -0.2) is 0 Å². The Balaban J connectivity index is 2.48. The third kappa shape index (κ3) is 3.46. The first-order valence-electron chi connectivity index (χ1n) is 6.13. The summed E-state index contributed by atoms with van der Waals surface area (Å²) in [7, 11) is 2.21. The average Bonchev–Trinajstić information content (AvgIpc) is 2.06. The van der Waals surface area contributed by atoms with Crippen LogP contribution in [0.2, 0.25) is 0 Å². The zero-order chi connectivity index (χ0) is 11.7. The number of nitrogens with zero attached hydrogens (tertiary/aromatic N) is 2. The third-order valence-corrected chi connectivity index (χ3v) is 4.25. The van der Waals surface area contributed by atoms with Crippen molar-refractivity contribution in [2.24, 2.45) is 10.8 Å². The van der Waals surface area contributed by atoms with Crippen LogP contribution in [-0.2, 0) is 0 Å². The van der Waals surface area contributed by atoms with Crippen LogP contribution >= 0.6 is 0 Å². The number of hydrogen-bond acceptors (Lipinski definition) is 2. The van der Waals surface area contributed by atoms with Crippen LogP contribution in [0.3, 0.4) is 0 Å². The molecule has 1 saturated heterocycles. The van der Waals surface area contributed by atoms with Gasteiger partial charge >= 0.3 is 0 Å². The van der Waals surface area contributed by atoms with Gasteiger partial charge < -0.3 is 9.80 Å². The SMILES string of the molecule is CN1CCN(CC(C)(C)C(C)(C)C)CC1. The van der Waals surface area contributed by atoms with Crippen molar-refractivity contribution in [3.05, 3.63) is 0 Å². The Morgan fingerprint density at radius 1 is 0.867 bits per heavy atom. The zero-order valence-corrected chi connectivity index (χ0v) is 11.4. The van der Waals surface area contributed by atoms with E-state index < -0.39 is 0 Å². The van der Waals surface area contributed by atoms with Gasteiger partial charge in [-0.1, -0.05) is 34.6 Å². The molecule has 0 aromatic rings. The van der Waals surface area contributed by atoms with E-state index in [9.17, 15) is 0 Å². The average molecular weight is 212 g/mol. The number of likely N-dealkylation sites (N-methyl/N-ethyl adjacent to an activating group) is 1. The third-order valence-electron chi connectivity index (χ3n) is 4.25. The maximum absolute atomic E-state index is 2.62. The Labute approximate surface area is 95.6 Å². The van der Waals surface area contributed by atoms with E-state index in [0.717, 1.165) is 0 Å². The Bertz CT molecular complexity index is 195. The lowest BCUT2D eigenvalue weighted by molar-refractivity contribution is 0.0469. The standard InChI is InChI=1S/C13H28N2/c1-12(2,3)13(4,5)11-15-9-7-14(6)8-10-15/h7-11H2,1-6H3. The topological polar surface area (TPSA) is 6.48 Å². The summed E-state index contributed by atoms with van der Waals surface area (Å²) < 4.78 is 0. The van der Waals surface area contributed by atoms with E-state index in [-0.39, 0.29) is 0 Å². The van der Waals surface area contributed by atoms with Crippen molar-refractivity contribution >= 4 is 0 Å². The first-order chi connectivity index (χ1) is 6.72. The molecular weight excluding hydrogens is 184 g/mol. The van der Waals surface area contributed by atoms with Crippen LogP contribution in [0.25, 0.3) is 0 Å². The van der Waals surface area contributed by atoms with Crippen molar-refractivity contribution < 1.29 is 0 Å². The predicted molar refractivity (Wildman–Crippen MR) is 67.2 cm³/mol. The van der Waals surface area contributed by atoms with Gasteiger partial charge in [-0.05, 0) is 17.9 Å². The maximum atomic E-state index is 2.62. The minimum Gasteiger partial charge on any atom is -0.304 e. The van der Waals surface area contributed by atoms with Crippen LogP contribution in [0.5, 0.6) is 0 Å². The summed E-state index contributed by atoms with van der Waals surface area (Å²) in [6, 6.07) is 0. The molecule has 0 aromatic carbocycles. The smallest absolute Gasteiger partial charge is 0.0110 e. The van der Waals surface area contributed by atoms with Gasteiger partial charge in [0.2, 0.25) is 0 Å². The van der Waals surface area contributed by atoms with E-state index >= 15 is 0 Å².